The number of benzene rings is 1. The van der Waals surface area contributed by atoms with E-state index in [0.29, 0.717) is 13.2 Å². The van der Waals surface area contributed by atoms with E-state index in [0.717, 1.165) is 49.9 Å². The van der Waals surface area contributed by atoms with Gasteiger partial charge in [0.05, 0.1) is 37.8 Å². The third kappa shape index (κ3) is 5.55. The first-order valence-corrected chi connectivity index (χ1v) is 8.69. The zero-order valence-electron chi connectivity index (χ0n) is 15.0. The minimum atomic E-state index is -0.256. The molecule has 140 valence electrons. The molecular weight excluding hydrogens is 334 g/mol. The van der Waals surface area contributed by atoms with E-state index in [2.05, 4.69) is 25.7 Å². The zero-order chi connectivity index (χ0) is 18.2. The standard InChI is InChI=1S/C18H25N5O3/c1-25-13-17-10-16(21-22-17)11-19-18(24)20-15-4-2-14(3-5-15)12-23-6-8-26-9-7-23/h2-5,10H,6-9,11-13H2,1H3,(H,21,22)(H2,19,20,24). The summed E-state index contributed by atoms with van der Waals surface area (Å²) in [6.45, 7) is 5.23. The molecule has 8 heteroatoms. The molecule has 3 rings (SSSR count). The minimum Gasteiger partial charge on any atom is -0.379 e. The van der Waals surface area contributed by atoms with Crippen LogP contribution in [0.4, 0.5) is 10.5 Å². The van der Waals surface area contributed by atoms with Gasteiger partial charge < -0.3 is 20.1 Å². The number of H-pyrrole nitrogens is 1. The molecule has 1 aliphatic rings. The summed E-state index contributed by atoms with van der Waals surface area (Å²) in [5.41, 5.74) is 3.62. The van der Waals surface area contributed by atoms with Crippen molar-refractivity contribution in [1.29, 1.82) is 0 Å². The number of methoxy groups -OCH3 is 1. The maximum Gasteiger partial charge on any atom is 0.319 e. The Kier molecular flexibility index (Phi) is 6.59. The molecule has 2 aromatic rings. The molecule has 0 unspecified atom stereocenters. The number of nitrogens with zero attached hydrogens (tertiary/aromatic N) is 2. The molecule has 26 heavy (non-hydrogen) atoms. The van der Waals surface area contributed by atoms with Crippen LogP contribution in [0.1, 0.15) is 17.0 Å². The van der Waals surface area contributed by atoms with E-state index in [4.69, 9.17) is 9.47 Å². The van der Waals surface area contributed by atoms with Crippen LogP contribution in [0.2, 0.25) is 0 Å². The average Bonchev–Trinajstić information content (AvgIpc) is 3.10. The van der Waals surface area contributed by atoms with Gasteiger partial charge in [-0.3, -0.25) is 10.00 Å². The molecule has 1 fully saturated rings. The summed E-state index contributed by atoms with van der Waals surface area (Å²) >= 11 is 0. The third-order valence-electron chi connectivity index (χ3n) is 4.14. The van der Waals surface area contributed by atoms with Gasteiger partial charge >= 0.3 is 6.03 Å². The highest BCUT2D eigenvalue weighted by Crippen LogP contribution is 2.12. The fourth-order valence-electron chi connectivity index (χ4n) is 2.78. The summed E-state index contributed by atoms with van der Waals surface area (Å²) in [6.07, 6.45) is 0. The van der Waals surface area contributed by atoms with Crippen molar-refractivity contribution >= 4 is 11.7 Å². The molecule has 0 saturated carbocycles. The summed E-state index contributed by atoms with van der Waals surface area (Å²) in [5.74, 6) is 0. The molecule has 0 aliphatic carbocycles. The van der Waals surface area contributed by atoms with E-state index in [1.807, 2.05) is 30.3 Å². The summed E-state index contributed by atoms with van der Waals surface area (Å²) in [4.78, 5) is 14.4. The van der Waals surface area contributed by atoms with Gasteiger partial charge in [-0.15, -0.1) is 0 Å². The number of carbonyl (C=O) groups excluding carboxylic acids is 1. The second-order valence-electron chi connectivity index (χ2n) is 6.21. The summed E-state index contributed by atoms with van der Waals surface area (Å²) in [7, 11) is 1.62. The smallest absolute Gasteiger partial charge is 0.319 e. The van der Waals surface area contributed by atoms with Gasteiger partial charge in [-0.25, -0.2) is 4.79 Å². The van der Waals surface area contributed by atoms with Crippen LogP contribution in [0.25, 0.3) is 0 Å². The summed E-state index contributed by atoms with van der Waals surface area (Å²) in [6, 6.07) is 9.52. The van der Waals surface area contributed by atoms with Crippen molar-refractivity contribution < 1.29 is 14.3 Å². The van der Waals surface area contributed by atoms with Gasteiger partial charge in [-0.2, -0.15) is 5.10 Å². The minimum absolute atomic E-state index is 0.256. The van der Waals surface area contributed by atoms with Crippen molar-refractivity contribution in [2.75, 3.05) is 38.7 Å². The number of urea groups is 1. The third-order valence-corrected chi connectivity index (χ3v) is 4.14. The van der Waals surface area contributed by atoms with Crippen LogP contribution in [0.15, 0.2) is 30.3 Å². The van der Waals surface area contributed by atoms with Crippen LogP contribution in [-0.2, 0) is 29.2 Å². The number of morpholine rings is 1. The normalized spacial score (nSPS) is 15.0. The van der Waals surface area contributed by atoms with Gasteiger partial charge in [0.2, 0.25) is 0 Å². The zero-order valence-corrected chi connectivity index (χ0v) is 15.0. The molecule has 0 spiro atoms. The van der Waals surface area contributed by atoms with Crippen LogP contribution >= 0.6 is 0 Å². The molecule has 8 nitrogen and oxygen atoms in total. The molecular formula is C18H25N5O3. The molecule has 1 aromatic heterocycles. The largest absolute Gasteiger partial charge is 0.379 e. The topological polar surface area (TPSA) is 91.5 Å². The van der Waals surface area contributed by atoms with Crippen LogP contribution in [0.3, 0.4) is 0 Å². The first-order valence-electron chi connectivity index (χ1n) is 8.69. The number of anilines is 1. The van der Waals surface area contributed by atoms with Crippen molar-refractivity contribution in [3.05, 3.63) is 47.3 Å². The maximum atomic E-state index is 12.0. The number of amides is 2. The predicted molar refractivity (Wildman–Crippen MR) is 97.7 cm³/mol. The monoisotopic (exact) mass is 359 g/mol. The lowest BCUT2D eigenvalue weighted by molar-refractivity contribution is 0.0342. The van der Waals surface area contributed by atoms with E-state index in [9.17, 15) is 4.79 Å². The number of nitrogens with one attached hydrogen (secondary N) is 3. The van der Waals surface area contributed by atoms with Gasteiger partial charge in [0, 0.05) is 32.4 Å². The van der Waals surface area contributed by atoms with Crippen LogP contribution < -0.4 is 10.6 Å². The van der Waals surface area contributed by atoms with E-state index in [1.165, 1.54) is 5.56 Å². The van der Waals surface area contributed by atoms with Gasteiger partial charge in [0.1, 0.15) is 0 Å². The Bertz CT molecular complexity index is 695. The highest BCUT2D eigenvalue weighted by Gasteiger charge is 2.10. The van der Waals surface area contributed by atoms with E-state index < -0.39 is 0 Å². The first kappa shape index (κ1) is 18.4. The lowest BCUT2D eigenvalue weighted by atomic mass is 10.2. The second kappa shape index (κ2) is 9.33. The molecule has 0 radical (unpaired) electrons. The molecule has 1 aliphatic heterocycles. The first-order chi connectivity index (χ1) is 12.7. The van der Waals surface area contributed by atoms with Crippen molar-refractivity contribution in [2.24, 2.45) is 0 Å². The predicted octanol–water partition coefficient (Wildman–Crippen LogP) is 1.71. The number of aromatic amines is 1. The summed E-state index contributed by atoms with van der Waals surface area (Å²) in [5, 5.41) is 12.6. The molecule has 3 N–H and O–H groups in total. The number of hydrogen-bond acceptors (Lipinski definition) is 5. The van der Waals surface area contributed by atoms with Gasteiger partial charge in [-0.05, 0) is 23.8 Å². The Labute approximate surface area is 152 Å². The van der Waals surface area contributed by atoms with Crippen molar-refractivity contribution in [2.45, 2.75) is 19.7 Å². The Morgan fingerprint density at radius 1 is 1.31 bits per heavy atom. The Balaban J connectivity index is 1.43. The van der Waals surface area contributed by atoms with Crippen LogP contribution in [0, 0.1) is 0 Å². The van der Waals surface area contributed by atoms with Gasteiger partial charge in [-0.1, -0.05) is 12.1 Å². The molecule has 1 saturated heterocycles. The Morgan fingerprint density at radius 3 is 2.81 bits per heavy atom. The number of hydrogen-bond donors (Lipinski definition) is 3. The highest BCUT2D eigenvalue weighted by molar-refractivity contribution is 5.89. The van der Waals surface area contributed by atoms with Crippen LogP contribution in [-0.4, -0.2) is 54.5 Å². The molecule has 0 bridgehead atoms. The Morgan fingerprint density at radius 2 is 2.08 bits per heavy atom. The Hall–Kier alpha value is -2.42. The quantitative estimate of drug-likeness (QED) is 0.700. The number of carbonyl (C=O) groups is 1. The SMILES string of the molecule is COCc1cc(CNC(=O)Nc2ccc(CN3CCOCC3)cc2)[nH]n1. The van der Waals surface area contributed by atoms with Crippen LogP contribution in [0.5, 0.6) is 0 Å². The highest BCUT2D eigenvalue weighted by atomic mass is 16.5. The molecule has 2 amide bonds. The van der Waals surface area contributed by atoms with E-state index in [-0.39, 0.29) is 6.03 Å². The van der Waals surface area contributed by atoms with E-state index >= 15 is 0 Å². The van der Waals surface area contributed by atoms with E-state index in [1.54, 1.807) is 7.11 Å². The fraction of sp³-hybridized carbons (Fsp3) is 0.444. The number of aromatic nitrogens is 2. The van der Waals surface area contributed by atoms with Gasteiger partial charge in [0.25, 0.3) is 0 Å². The van der Waals surface area contributed by atoms with Crippen molar-refractivity contribution in [3.63, 3.8) is 0 Å². The molecule has 0 atom stereocenters. The van der Waals surface area contributed by atoms with Gasteiger partial charge in [0.15, 0.2) is 0 Å². The number of ether oxygens (including phenoxy) is 2. The number of rotatable bonds is 7. The maximum absolute atomic E-state index is 12.0. The summed E-state index contributed by atoms with van der Waals surface area (Å²) < 4.78 is 10.4. The fourth-order valence-corrected chi connectivity index (χ4v) is 2.78. The second-order valence-corrected chi connectivity index (χ2v) is 6.21. The van der Waals surface area contributed by atoms with Crippen molar-refractivity contribution in [1.82, 2.24) is 20.4 Å². The molecule has 2 heterocycles. The van der Waals surface area contributed by atoms with Crippen molar-refractivity contribution in [3.8, 4) is 0 Å². The lowest BCUT2D eigenvalue weighted by Crippen LogP contribution is -2.35. The average molecular weight is 359 g/mol. The molecule has 1 aromatic carbocycles. The lowest BCUT2D eigenvalue weighted by Gasteiger charge is -2.26.